The molecule has 34 nitrogen and oxygen atoms in total. The van der Waals surface area contributed by atoms with Gasteiger partial charge >= 0.3 is 195 Å². The van der Waals surface area contributed by atoms with Gasteiger partial charge in [0.2, 0.25) is 0 Å². The summed E-state index contributed by atoms with van der Waals surface area (Å²) in [5.41, 5.74) is 15.4. The van der Waals surface area contributed by atoms with Crippen LogP contribution in [0.4, 0.5) is 32.3 Å². The molecular weight excluding hydrogens is 2470 g/mol. The number of morpholine rings is 2. The molecule has 0 saturated carbocycles. The fourth-order valence-corrected chi connectivity index (χ4v) is 12.9. The number of nitro groups is 2. The second-order valence-corrected chi connectivity index (χ2v) is 37.9. The van der Waals surface area contributed by atoms with E-state index in [1.165, 1.54) is 67.5 Å². The number of halogens is 14. The fourth-order valence-electron chi connectivity index (χ4n) is 11.6. The molecule has 742 valence electrons. The van der Waals surface area contributed by atoms with Gasteiger partial charge in [0.1, 0.15) is 13.1 Å². The number of hydrogen-bond donors (Lipinski definition) is 6. The zero-order valence-electron chi connectivity index (χ0n) is 75.0. The van der Waals surface area contributed by atoms with Gasteiger partial charge in [0, 0.05) is 148 Å². The average molecular weight is 2560 g/mol. The largest absolute Gasteiger partial charge is 1.00 e. The van der Waals surface area contributed by atoms with E-state index in [0.717, 1.165) is 125 Å². The Hall–Kier alpha value is -5.43. The summed E-state index contributed by atoms with van der Waals surface area (Å²) in [6.07, 6.45) is -0.206. The van der Waals surface area contributed by atoms with Crippen LogP contribution >= 0.6 is 158 Å². The van der Waals surface area contributed by atoms with Gasteiger partial charge in [0.05, 0.1) is 91.8 Å². The molecule has 51 heteroatoms. The number of carbonyl (C=O) groups excluding carboxylic acids is 3. The minimum Gasteiger partial charge on any atom is -1.00 e. The van der Waals surface area contributed by atoms with Crippen LogP contribution in [0.3, 0.4) is 0 Å². The van der Waals surface area contributed by atoms with Crippen LogP contribution < -0.4 is 181 Å². The van der Waals surface area contributed by atoms with E-state index in [1.807, 2.05) is 84.9 Å². The van der Waals surface area contributed by atoms with Crippen molar-refractivity contribution in [2.24, 2.45) is 0 Å². The number of amides is 1. The number of nitrogens with one attached hydrogen (secondary N) is 3. The van der Waals surface area contributed by atoms with Crippen molar-refractivity contribution >= 4 is 218 Å². The average Bonchev–Trinajstić information content (AvgIpc) is 0.816. The Morgan fingerprint density at radius 3 is 1.31 bits per heavy atom. The third-order valence-electron chi connectivity index (χ3n) is 17.6. The first kappa shape index (κ1) is 133. The number of anilines is 2. The SMILES string of the molecule is C.CO.Cl.Nc1cccc(Cn2nc(-c3cccc(Cl)c3)ccc2=O)c1.O=C(Nc1cccc(Cn2nc(-c3cccc(Cl)c3)ccc2=O)c1)OCCC[NH+]1CCOCC1.O=C(OC(Cl)(Cl)Cl)OC(Cl)(Cl)Cl.O=CO[O-].O=[N+]([O-])c1cccc(CCl)c1.O=c1ccc(-c2cccc(Cl)c2)n[nH]1.O=c1ccc(-c2cccc(Cl)c2)nn1Cc1cccc([N+](=O)[O-])c1.OCCCN1CCOCC1.[Cl][Sn][Cl].[Cs+].[Cs+].[H-]. The number of carbonyl (C=O) groups is 3. The van der Waals surface area contributed by atoms with Crippen LogP contribution in [0.25, 0.3) is 45.0 Å². The normalized spacial score (nSPS) is 11.6. The molecule has 2 radical (unpaired) electrons. The quantitative estimate of drug-likeness (QED) is 0.00422. The number of H-pyrrole nitrogens is 1. The summed E-state index contributed by atoms with van der Waals surface area (Å²) in [5, 5.41) is 69.8. The molecule has 0 unspecified atom stereocenters. The van der Waals surface area contributed by atoms with E-state index in [1.54, 1.807) is 109 Å². The first-order valence-corrected chi connectivity index (χ1v) is 51.4. The minimum absolute atomic E-state index is 0. The van der Waals surface area contributed by atoms with Gasteiger partial charge in [-0.3, -0.25) is 54.4 Å². The Kier molecular flexibility index (Phi) is 70.5. The van der Waals surface area contributed by atoms with Gasteiger partial charge in [-0.15, -0.1) is 24.0 Å². The number of rotatable bonds is 22. The van der Waals surface area contributed by atoms with Crippen molar-refractivity contribution in [2.75, 3.05) is 97.1 Å². The molecule has 2 aliphatic rings. The van der Waals surface area contributed by atoms with Gasteiger partial charge < -0.3 is 56.1 Å². The monoisotopic (exact) mass is 2550 g/mol. The summed E-state index contributed by atoms with van der Waals surface area (Å²) in [5.74, 6) is 0.307. The molecule has 140 heavy (non-hydrogen) atoms. The zero-order chi connectivity index (χ0) is 100.0. The number of nitrogens with two attached hydrogens (primary N) is 1. The zero-order valence-corrected chi connectivity index (χ0v) is 100. The maximum absolute atomic E-state index is 12.4. The summed E-state index contributed by atoms with van der Waals surface area (Å²) < 4.78 is 23.4. The second kappa shape index (κ2) is 74.5. The van der Waals surface area contributed by atoms with Gasteiger partial charge in [-0.05, 0) is 195 Å². The molecule has 2 fully saturated rings. The Morgan fingerprint density at radius 1 is 0.557 bits per heavy atom. The minimum atomic E-state index is -2.24. The molecule has 0 spiro atoms. The molecule has 2 aliphatic heterocycles. The fraction of sp³-hybridized carbons (Fsp3) is 0.247. The topological polar surface area (TPSA) is 453 Å². The molecule has 12 aromatic rings. The summed E-state index contributed by atoms with van der Waals surface area (Å²) in [6.45, 7) is 10.6. The Balaban J connectivity index is 0.00000165. The molecule has 1 amide bonds. The van der Waals surface area contributed by atoms with Crippen molar-refractivity contribution in [2.45, 2.75) is 53.7 Å². The van der Waals surface area contributed by atoms with Gasteiger partial charge in [-0.1, -0.05) is 151 Å². The number of aliphatic hydroxyl groups is 2. The van der Waals surface area contributed by atoms with Gasteiger partial charge in [0.25, 0.3) is 40.1 Å². The Bertz CT molecular complexity index is 5970. The summed E-state index contributed by atoms with van der Waals surface area (Å²) >= 11 is 58.8. The first-order chi connectivity index (χ1) is 65.1. The molecule has 0 aliphatic carbocycles. The number of nitro benzene ring substituents is 2. The van der Waals surface area contributed by atoms with E-state index in [0.29, 0.717) is 85.4 Å². The van der Waals surface area contributed by atoms with Gasteiger partial charge in [-0.25, -0.2) is 28.7 Å². The molecule has 6 heterocycles. The number of aromatic nitrogens is 8. The molecule has 8 aromatic carbocycles. The van der Waals surface area contributed by atoms with Crippen molar-refractivity contribution in [1.29, 1.82) is 0 Å². The smallest absolute Gasteiger partial charge is 1.00 e. The number of hydrogen-bond acceptors (Lipinski definition) is 26. The Morgan fingerprint density at radius 2 is 0.929 bits per heavy atom. The number of nitrogens with zero attached hydrogens (tertiary/aromatic N) is 10. The molecule has 0 bridgehead atoms. The second-order valence-electron chi connectivity index (χ2n) is 27.3. The molecule has 7 N–H and O–H groups in total. The molecule has 14 rings (SSSR count). The van der Waals surface area contributed by atoms with Crippen molar-refractivity contribution in [3.63, 3.8) is 0 Å². The number of alkyl halides is 7. The van der Waals surface area contributed by atoms with Crippen LogP contribution in [0.5, 0.6) is 0 Å². The maximum Gasteiger partial charge on any atom is 1.00 e. The summed E-state index contributed by atoms with van der Waals surface area (Å²) in [4.78, 5) is 105. The van der Waals surface area contributed by atoms with E-state index in [9.17, 15) is 49.0 Å². The number of quaternary nitrogens is 1. The van der Waals surface area contributed by atoms with Crippen molar-refractivity contribution in [3.05, 3.63) is 347 Å². The number of ether oxygens (including phenoxy) is 5. The van der Waals surface area contributed by atoms with Gasteiger partial charge in [-0.2, -0.15) is 20.4 Å². The third kappa shape index (κ3) is 55.4. The van der Waals surface area contributed by atoms with E-state index >= 15 is 0 Å². The summed E-state index contributed by atoms with van der Waals surface area (Å²) in [6, 6.07) is 68.8. The van der Waals surface area contributed by atoms with Crippen LogP contribution in [0.1, 0.15) is 43.9 Å². The van der Waals surface area contributed by atoms with Crippen molar-refractivity contribution < 1.29 is 212 Å². The van der Waals surface area contributed by atoms with Crippen molar-refractivity contribution in [3.8, 4) is 45.0 Å². The van der Waals surface area contributed by atoms with Crippen LogP contribution in [-0.4, -0.2) is 196 Å². The van der Waals surface area contributed by atoms with Crippen LogP contribution in [-0.2, 0) is 58.9 Å². The standard InChI is InChI=1S/C25H27ClN4O4.C17H12ClN3O3.C17H14ClN3O.C10H7ClN2O.C7H6ClNO2.C7H15NO2.C3Cl6O3.CH2O3.CH4O.CH4.3ClH.2Cs.Sn.H/c26-21-6-2-5-20(17-21)23-8-9-24(31)30(28-23)18-19-4-1-7-22(16-19)27-25(32)34-13-3-10-29-11-14-33-15-12-29;18-14-5-2-4-13(10-14)16-7-8-17(22)20(19-16)11-12-3-1-6-15(9-12)21(23)24;18-14-5-2-4-13(10-14)16-7-8-17(22)21(20-16)11-12-3-1-6-15(19)9-12;11-8-3-1-2-7(6-8)9-4-5-10(14)13-12-9;8-5-6-2-1-3-7(4-6)9(10)11;9-5-1-2-8-3-6-10-7-4-8;4-2(5,6)11-1(10)12-3(7,8)9;2-1-4-3;1-2;;;;;;;;/h1-2,4-9,16-17H,3,10-15,18H2,(H,27,32);1-10H,11H2;1-10H,11,19H2;1-6H,(H,13,14);1-4H,5H2;9H,1-7H2;;1,3H;2H,1H3;1H4;3*1H;;;;/q;;;;;;;;;;;;;2*+1;+2;-1/p-2. The van der Waals surface area contributed by atoms with Crippen LogP contribution in [0.15, 0.2) is 262 Å². The molecule has 2 saturated heterocycles. The van der Waals surface area contributed by atoms with Crippen LogP contribution in [0, 0.1) is 20.2 Å². The Labute approximate surface area is 1000 Å². The van der Waals surface area contributed by atoms with Crippen LogP contribution in [0.2, 0.25) is 20.1 Å². The first-order valence-electron chi connectivity index (χ1n) is 39.8. The van der Waals surface area contributed by atoms with Crippen molar-refractivity contribution in [1.82, 2.24) is 44.4 Å². The van der Waals surface area contributed by atoms with E-state index in [-0.39, 0.29) is 212 Å². The predicted octanol–water partition coefficient (Wildman–Crippen LogP) is 11.3. The van der Waals surface area contributed by atoms with E-state index in [4.69, 9.17) is 186 Å². The van der Waals surface area contributed by atoms with Gasteiger partial charge in [0.15, 0.2) is 0 Å². The molecule has 0 atom stereocenters. The summed E-state index contributed by atoms with van der Waals surface area (Å²) in [7, 11) is 10.9. The number of benzene rings is 8. The predicted molar refractivity (Wildman–Crippen MR) is 543 cm³/mol. The number of aliphatic hydroxyl groups excluding tert-OH is 2. The number of nitrogen functional groups attached to an aromatic ring is 1. The van der Waals surface area contributed by atoms with E-state index < -0.39 is 48.9 Å². The number of non-ortho nitro benzene ring substituents is 2. The third-order valence-corrected chi connectivity index (χ3v) is 19.3. The molecule has 4 aromatic heterocycles. The van der Waals surface area contributed by atoms with E-state index in [2.05, 4.69) is 50.1 Å². The number of aromatic amines is 1. The molecular formula is C89H93Cl14Cs2N14O20Sn+. The maximum atomic E-state index is 12.4.